The molecule has 6 heteroatoms. The fourth-order valence-electron chi connectivity index (χ4n) is 3.31. The van der Waals surface area contributed by atoms with Gasteiger partial charge in [-0.05, 0) is 6.07 Å². The van der Waals surface area contributed by atoms with Crippen LogP contribution in [0.25, 0.3) is 11.4 Å². The van der Waals surface area contributed by atoms with Crippen LogP contribution in [0, 0.1) is 0 Å². The van der Waals surface area contributed by atoms with Gasteiger partial charge in [-0.2, -0.15) is 0 Å². The predicted octanol–water partition coefficient (Wildman–Crippen LogP) is 3.71. The van der Waals surface area contributed by atoms with Crippen LogP contribution < -0.4 is 0 Å². The number of aromatic nitrogens is 3. The summed E-state index contributed by atoms with van der Waals surface area (Å²) < 4.78 is 8.01. The first-order chi connectivity index (χ1) is 12.7. The first kappa shape index (κ1) is 17.2. The SMILES string of the molecule is Cn1c(CN2CCO[C@@H](c3ccccc3Cl)C2)nnc1-c1ccccc1. The highest BCUT2D eigenvalue weighted by atomic mass is 35.5. The topological polar surface area (TPSA) is 43.2 Å². The molecule has 0 saturated carbocycles. The molecular weight excluding hydrogens is 348 g/mol. The molecular formula is C20H21ClN4O. The van der Waals surface area contributed by atoms with E-state index in [4.69, 9.17) is 16.3 Å². The number of nitrogens with zero attached hydrogens (tertiary/aromatic N) is 4. The molecule has 1 aliphatic heterocycles. The predicted molar refractivity (Wildman–Crippen MR) is 102 cm³/mol. The van der Waals surface area contributed by atoms with Gasteiger partial charge < -0.3 is 9.30 Å². The highest BCUT2D eigenvalue weighted by molar-refractivity contribution is 6.31. The Balaban J connectivity index is 1.49. The van der Waals surface area contributed by atoms with Crippen LogP contribution >= 0.6 is 11.6 Å². The Hall–Kier alpha value is -2.21. The zero-order valence-electron chi connectivity index (χ0n) is 14.7. The Kier molecular flexibility index (Phi) is 5.02. The molecule has 0 spiro atoms. The van der Waals surface area contributed by atoms with Gasteiger partial charge in [0.05, 0.1) is 19.3 Å². The number of morpholine rings is 1. The minimum atomic E-state index is -0.0146. The van der Waals surface area contributed by atoms with E-state index in [0.29, 0.717) is 6.61 Å². The number of rotatable bonds is 4. The first-order valence-electron chi connectivity index (χ1n) is 8.74. The van der Waals surface area contributed by atoms with Crippen molar-refractivity contribution in [3.8, 4) is 11.4 Å². The molecule has 2 heterocycles. The third-order valence-corrected chi connectivity index (χ3v) is 5.11. The lowest BCUT2D eigenvalue weighted by atomic mass is 10.1. The molecule has 5 nitrogen and oxygen atoms in total. The second kappa shape index (κ2) is 7.58. The normalized spacial score (nSPS) is 18.2. The molecule has 1 aromatic heterocycles. The van der Waals surface area contributed by atoms with Crippen LogP contribution in [0.4, 0.5) is 0 Å². The standard InChI is InChI=1S/C20H21ClN4O/c1-24-19(22-23-20(24)15-7-3-2-4-8-15)14-25-11-12-26-18(13-25)16-9-5-6-10-17(16)21/h2-10,18H,11-14H2,1H3/t18-/m1/s1. The fraction of sp³-hybridized carbons (Fsp3) is 0.300. The summed E-state index contributed by atoms with van der Waals surface area (Å²) in [4.78, 5) is 2.34. The van der Waals surface area contributed by atoms with Gasteiger partial charge in [0.1, 0.15) is 5.82 Å². The molecule has 1 atom stereocenters. The van der Waals surface area contributed by atoms with Gasteiger partial charge in [0, 0.05) is 36.3 Å². The summed E-state index contributed by atoms with van der Waals surface area (Å²) >= 11 is 6.34. The molecule has 26 heavy (non-hydrogen) atoms. The van der Waals surface area contributed by atoms with Crippen molar-refractivity contribution in [3.05, 3.63) is 71.0 Å². The molecule has 0 unspecified atom stereocenters. The van der Waals surface area contributed by atoms with Crippen molar-refractivity contribution in [1.82, 2.24) is 19.7 Å². The van der Waals surface area contributed by atoms with Gasteiger partial charge in [0.15, 0.2) is 5.82 Å². The first-order valence-corrected chi connectivity index (χ1v) is 9.12. The van der Waals surface area contributed by atoms with Crippen molar-refractivity contribution in [3.63, 3.8) is 0 Å². The highest BCUT2D eigenvalue weighted by Crippen LogP contribution is 2.29. The monoisotopic (exact) mass is 368 g/mol. The Labute approximate surface area is 158 Å². The summed E-state index contributed by atoms with van der Waals surface area (Å²) in [5.74, 6) is 1.83. The van der Waals surface area contributed by atoms with Crippen LogP contribution in [-0.4, -0.2) is 39.4 Å². The largest absolute Gasteiger partial charge is 0.371 e. The van der Waals surface area contributed by atoms with Crippen LogP contribution in [0.1, 0.15) is 17.5 Å². The van der Waals surface area contributed by atoms with Crippen molar-refractivity contribution >= 4 is 11.6 Å². The number of ether oxygens (including phenoxy) is 1. The van der Waals surface area contributed by atoms with Gasteiger partial charge in [-0.25, -0.2) is 0 Å². The molecule has 0 aliphatic carbocycles. The second-order valence-electron chi connectivity index (χ2n) is 6.48. The molecule has 0 radical (unpaired) electrons. The van der Waals surface area contributed by atoms with Gasteiger partial charge in [0.2, 0.25) is 0 Å². The van der Waals surface area contributed by atoms with Crippen molar-refractivity contribution in [2.45, 2.75) is 12.6 Å². The smallest absolute Gasteiger partial charge is 0.163 e. The molecule has 3 aromatic rings. The lowest BCUT2D eigenvalue weighted by Crippen LogP contribution is -2.38. The summed E-state index contributed by atoms with van der Waals surface area (Å²) in [6.07, 6.45) is -0.0146. The summed E-state index contributed by atoms with van der Waals surface area (Å²) in [7, 11) is 2.02. The van der Waals surface area contributed by atoms with Crippen LogP contribution in [0.3, 0.4) is 0 Å². The van der Waals surface area contributed by atoms with E-state index in [1.54, 1.807) is 0 Å². The van der Waals surface area contributed by atoms with Crippen molar-refractivity contribution in [2.75, 3.05) is 19.7 Å². The van der Waals surface area contributed by atoms with E-state index in [-0.39, 0.29) is 6.10 Å². The lowest BCUT2D eigenvalue weighted by Gasteiger charge is -2.33. The van der Waals surface area contributed by atoms with E-state index in [1.807, 2.05) is 49.5 Å². The van der Waals surface area contributed by atoms with Crippen molar-refractivity contribution in [1.29, 1.82) is 0 Å². The third-order valence-electron chi connectivity index (χ3n) is 4.76. The Morgan fingerprint density at radius 2 is 1.85 bits per heavy atom. The van der Waals surface area contributed by atoms with E-state index >= 15 is 0 Å². The maximum atomic E-state index is 6.34. The Bertz CT molecular complexity index is 881. The summed E-state index contributed by atoms with van der Waals surface area (Å²) in [6, 6.07) is 18.0. The molecule has 134 valence electrons. The number of benzene rings is 2. The Morgan fingerprint density at radius 1 is 1.08 bits per heavy atom. The van der Waals surface area contributed by atoms with Gasteiger partial charge in [-0.15, -0.1) is 10.2 Å². The molecule has 0 amide bonds. The molecule has 1 aliphatic rings. The van der Waals surface area contributed by atoms with Crippen molar-refractivity contribution < 1.29 is 4.74 Å². The zero-order chi connectivity index (χ0) is 17.9. The minimum absolute atomic E-state index is 0.0146. The van der Waals surface area contributed by atoms with Crippen LogP contribution in [0.5, 0.6) is 0 Å². The van der Waals surface area contributed by atoms with Gasteiger partial charge in [0.25, 0.3) is 0 Å². The number of halogens is 1. The molecule has 1 fully saturated rings. The van der Waals surface area contributed by atoms with E-state index in [0.717, 1.165) is 47.4 Å². The quantitative estimate of drug-likeness (QED) is 0.704. The summed E-state index contributed by atoms with van der Waals surface area (Å²) in [5.41, 5.74) is 2.12. The summed E-state index contributed by atoms with van der Waals surface area (Å²) in [6.45, 7) is 3.08. The minimum Gasteiger partial charge on any atom is -0.371 e. The molecule has 0 N–H and O–H groups in total. The number of hydrogen-bond donors (Lipinski definition) is 0. The average Bonchev–Trinajstić information content (AvgIpc) is 3.03. The lowest BCUT2D eigenvalue weighted by molar-refractivity contribution is -0.0338. The molecule has 1 saturated heterocycles. The number of hydrogen-bond acceptors (Lipinski definition) is 4. The fourth-order valence-corrected chi connectivity index (χ4v) is 3.57. The maximum absolute atomic E-state index is 6.34. The molecule has 2 aromatic carbocycles. The zero-order valence-corrected chi connectivity index (χ0v) is 15.4. The van der Waals surface area contributed by atoms with Crippen molar-refractivity contribution in [2.24, 2.45) is 7.05 Å². The van der Waals surface area contributed by atoms with E-state index < -0.39 is 0 Å². The highest BCUT2D eigenvalue weighted by Gasteiger charge is 2.25. The van der Waals surface area contributed by atoms with E-state index in [1.165, 1.54) is 0 Å². The van der Waals surface area contributed by atoms with E-state index in [9.17, 15) is 0 Å². The van der Waals surface area contributed by atoms with Crippen LogP contribution in [0.2, 0.25) is 5.02 Å². The molecule has 4 rings (SSSR count). The molecule has 0 bridgehead atoms. The maximum Gasteiger partial charge on any atom is 0.163 e. The second-order valence-corrected chi connectivity index (χ2v) is 6.89. The summed E-state index contributed by atoms with van der Waals surface area (Å²) in [5, 5.41) is 9.54. The van der Waals surface area contributed by atoms with Crippen LogP contribution in [0.15, 0.2) is 54.6 Å². The van der Waals surface area contributed by atoms with E-state index in [2.05, 4.69) is 31.8 Å². The average molecular weight is 369 g/mol. The van der Waals surface area contributed by atoms with Crippen LogP contribution in [-0.2, 0) is 18.3 Å². The van der Waals surface area contributed by atoms with Gasteiger partial charge >= 0.3 is 0 Å². The van der Waals surface area contributed by atoms with Gasteiger partial charge in [-0.1, -0.05) is 60.1 Å². The van der Waals surface area contributed by atoms with Gasteiger partial charge in [-0.3, -0.25) is 4.90 Å². The Morgan fingerprint density at radius 3 is 2.65 bits per heavy atom. The third kappa shape index (κ3) is 3.51.